The molecule has 1 atom stereocenters. The number of nitrogens with zero attached hydrogens (tertiary/aromatic N) is 5. The molecule has 0 spiro atoms. The van der Waals surface area contributed by atoms with E-state index in [0.29, 0.717) is 5.88 Å². The number of thiazole rings is 1. The van der Waals surface area contributed by atoms with Crippen LogP contribution in [0.2, 0.25) is 0 Å². The zero-order valence-corrected chi connectivity index (χ0v) is 13.9. The first kappa shape index (κ1) is 14.5. The van der Waals surface area contributed by atoms with Crippen LogP contribution in [0.5, 0.6) is 0 Å². The normalized spacial score (nSPS) is 13.1. The van der Waals surface area contributed by atoms with Gasteiger partial charge < -0.3 is 4.57 Å². The van der Waals surface area contributed by atoms with E-state index < -0.39 is 0 Å². The van der Waals surface area contributed by atoms with Gasteiger partial charge in [-0.05, 0) is 20.8 Å². The van der Waals surface area contributed by atoms with Crippen LogP contribution in [-0.4, -0.2) is 30.2 Å². The van der Waals surface area contributed by atoms with Crippen molar-refractivity contribution < 1.29 is 0 Å². The summed E-state index contributed by atoms with van der Waals surface area (Å²) in [6.45, 7) is 7.07. The molecule has 0 fully saturated rings. The quantitative estimate of drug-likeness (QED) is 0.676. The molecule has 0 aliphatic carbocycles. The first-order valence-corrected chi connectivity index (χ1v) is 8.48. The van der Waals surface area contributed by atoms with Gasteiger partial charge in [-0.25, -0.2) is 14.6 Å². The SMILES string of the molecule is CCn1nc(C)c2nc(CCCl)n(C(C)c3nccs3)c21. The first-order valence-electron chi connectivity index (χ1n) is 7.06. The van der Waals surface area contributed by atoms with Gasteiger partial charge in [0.2, 0.25) is 0 Å². The van der Waals surface area contributed by atoms with E-state index in [1.165, 1.54) is 0 Å². The van der Waals surface area contributed by atoms with Gasteiger partial charge in [0.05, 0.1) is 11.7 Å². The van der Waals surface area contributed by atoms with Crippen molar-refractivity contribution in [1.29, 1.82) is 0 Å². The number of halogens is 1. The average Bonchev–Trinajstić information content (AvgIpc) is 3.16. The highest BCUT2D eigenvalue weighted by Crippen LogP contribution is 2.29. The topological polar surface area (TPSA) is 48.5 Å². The maximum absolute atomic E-state index is 5.96. The van der Waals surface area contributed by atoms with E-state index >= 15 is 0 Å². The molecule has 1 unspecified atom stereocenters. The van der Waals surface area contributed by atoms with Crippen molar-refractivity contribution in [3.8, 4) is 0 Å². The Kier molecular flexibility index (Phi) is 3.99. The summed E-state index contributed by atoms with van der Waals surface area (Å²) in [5.74, 6) is 1.56. The lowest BCUT2D eigenvalue weighted by Crippen LogP contribution is -2.14. The maximum atomic E-state index is 5.96. The van der Waals surface area contributed by atoms with Crippen molar-refractivity contribution in [2.45, 2.75) is 39.8 Å². The van der Waals surface area contributed by atoms with Crippen molar-refractivity contribution in [3.63, 3.8) is 0 Å². The van der Waals surface area contributed by atoms with Crippen molar-refractivity contribution in [3.05, 3.63) is 28.1 Å². The van der Waals surface area contributed by atoms with Gasteiger partial charge >= 0.3 is 0 Å². The van der Waals surface area contributed by atoms with Crippen LogP contribution in [0.4, 0.5) is 0 Å². The van der Waals surface area contributed by atoms with E-state index in [4.69, 9.17) is 16.6 Å². The molecule has 7 heteroatoms. The second kappa shape index (κ2) is 5.77. The number of hydrogen-bond donors (Lipinski definition) is 0. The van der Waals surface area contributed by atoms with Gasteiger partial charge in [-0.3, -0.25) is 0 Å². The van der Waals surface area contributed by atoms with Crippen LogP contribution in [0.25, 0.3) is 11.2 Å². The second-order valence-corrected chi connectivity index (χ2v) is 6.26. The second-order valence-electron chi connectivity index (χ2n) is 4.96. The Hall–Kier alpha value is -1.40. The molecule has 0 saturated heterocycles. The fraction of sp³-hybridized carbons (Fsp3) is 0.500. The Morgan fingerprint density at radius 2 is 2.24 bits per heavy atom. The molecule has 0 radical (unpaired) electrons. The molecule has 5 nitrogen and oxygen atoms in total. The molecule has 21 heavy (non-hydrogen) atoms. The smallest absolute Gasteiger partial charge is 0.159 e. The molecule has 0 aromatic carbocycles. The van der Waals surface area contributed by atoms with Gasteiger partial charge in [-0.15, -0.1) is 22.9 Å². The van der Waals surface area contributed by atoms with Gasteiger partial charge in [0.25, 0.3) is 0 Å². The molecule has 112 valence electrons. The van der Waals surface area contributed by atoms with Crippen molar-refractivity contribution in [1.82, 2.24) is 24.3 Å². The Balaban J connectivity index is 2.24. The van der Waals surface area contributed by atoms with Crippen LogP contribution in [0, 0.1) is 6.92 Å². The van der Waals surface area contributed by atoms with Gasteiger partial charge in [0.15, 0.2) is 5.65 Å². The fourth-order valence-corrected chi connectivity index (χ4v) is 3.53. The van der Waals surface area contributed by atoms with Crippen molar-refractivity contribution >= 4 is 34.1 Å². The molecule has 0 aliphatic rings. The molecular weight excluding hydrogens is 306 g/mol. The lowest BCUT2D eigenvalue weighted by atomic mass is 10.3. The molecule has 3 aromatic heterocycles. The Bertz CT molecular complexity index is 743. The average molecular weight is 324 g/mol. The third kappa shape index (κ3) is 2.36. The summed E-state index contributed by atoms with van der Waals surface area (Å²) in [6, 6.07) is 0.134. The summed E-state index contributed by atoms with van der Waals surface area (Å²) < 4.78 is 4.25. The van der Waals surface area contributed by atoms with Gasteiger partial charge in [0, 0.05) is 30.4 Å². The van der Waals surface area contributed by atoms with Crippen LogP contribution in [-0.2, 0) is 13.0 Å². The number of hydrogen-bond acceptors (Lipinski definition) is 4. The van der Waals surface area contributed by atoms with Crippen LogP contribution < -0.4 is 0 Å². The van der Waals surface area contributed by atoms with E-state index in [-0.39, 0.29) is 6.04 Å². The molecule has 0 amide bonds. The highest BCUT2D eigenvalue weighted by Gasteiger charge is 2.23. The number of fused-ring (bicyclic) bond motifs is 1. The van der Waals surface area contributed by atoms with Crippen molar-refractivity contribution in [2.75, 3.05) is 5.88 Å². The molecule has 3 rings (SSSR count). The monoisotopic (exact) mass is 323 g/mol. The van der Waals surface area contributed by atoms with Gasteiger partial charge in [-0.2, -0.15) is 5.10 Å². The molecule has 0 bridgehead atoms. The third-order valence-electron chi connectivity index (χ3n) is 3.63. The summed E-state index contributed by atoms with van der Waals surface area (Å²) >= 11 is 7.62. The van der Waals surface area contributed by atoms with E-state index in [0.717, 1.165) is 40.7 Å². The van der Waals surface area contributed by atoms with Crippen LogP contribution in [0.1, 0.15) is 36.4 Å². The predicted molar refractivity (Wildman–Crippen MR) is 86.3 cm³/mol. The summed E-state index contributed by atoms with van der Waals surface area (Å²) in [7, 11) is 0. The first-order chi connectivity index (χ1) is 10.2. The summed E-state index contributed by atoms with van der Waals surface area (Å²) in [6.07, 6.45) is 2.59. The van der Waals surface area contributed by atoms with Crippen molar-refractivity contribution in [2.24, 2.45) is 0 Å². The van der Waals surface area contributed by atoms with Crippen LogP contribution in [0.15, 0.2) is 11.6 Å². The van der Waals surface area contributed by atoms with E-state index in [1.54, 1.807) is 11.3 Å². The molecular formula is C14H18ClN5S. The summed E-state index contributed by atoms with van der Waals surface area (Å²) in [5, 5.41) is 7.66. The number of rotatable bonds is 5. The molecule has 3 heterocycles. The number of aromatic nitrogens is 5. The Labute approximate surface area is 132 Å². The van der Waals surface area contributed by atoms with Gasteiger partial charge in [-0.1, -0.05) is 0 Å². The van der Waals surface area contributed by atoms with E-state index in [1.807, 2.05) is 23.2 Å². The molecule has 0 N–H and O–H groups in total. The lowest BCUT2D eigenvalue weighted by Gasteiger charge is -2.15. The van der Waals surface area contributed by atoms with Crippen LogP contribution in [0.3, 0.4) is 0 Å². The van der Waals surface area contributed by atoms with E-state index in [9.17, 15) is 0 Å². The largest absolute Gasteiger partial charge is 0.303 e. The Morgan fingerprint density at radius 1 is 1.43 bits per heavy atom. The minimum absolute atomic E-state index is 0.134. The number of imidazole rings is 1. The zero-order chi connectivity index (χ0) is 15.0. The summed E-state index contributed by atoms with van der Waals surface area (Å²) in [5.41, 5.74) is 3.01. The zero-order valence-electron chi connectivity index (χ0n) is 12.4. The lowest BCUT2D eigenvalue weighted by molar-refractivity contribution is 0.579. The minimum Gasteiger partial charge on any atom is -0.303 e. The number of aryl methyl sites for hydroxylation is 3. The Morgan fingerprint density at radius 3 is 2.86 bits per heavy atom. The standard InChI is InChI=1S/C14H18ClN5S/c1-4-19-14-12(9(2)18-19)17-11(5-6-15)20(14)10(3)13-16-7-8-21-13/h7-8,10H,4-6H2,1-3H3. The fourth-order valence-electron chi connectivity index (χ4n) is 2.67. The highest BCUT2D eigenvalue weighted by atomic mass is 35.5. The van der Waals surface area contributed by atoms with Gasteiger partial charge in [0.1, 0.15) is 16.3 Å². The van der Waals surface area contributed by atoms with E-state index in [2.05, 4.69) is 28.5 Å². The highest BCUT2D eigenvalue weighted by molar-refractivity contribution is 7.09. The number of alkyl halides is 1. The predicted octanol–water partition coefficient (Wildman–Crippen LogP) is 3.41. The minimum atomic E-state index is 0.134. The third-order valence-corrected chi connectivity index (χ3v) is 4.77. The maximum Gasteiger partial charge on any atom is 0.159 e. The molecule has 0 aliphatic heterocycles. The van der Waals surface area contributed by atoms with Crippen LogP contribution >= 0.6 is 22.9 Å². The molecule has 3 aromatic rings. The molecule has 0 saturated carbocycles. The summed E-state index contributed by atoms with van der Waals surface area (Å²) in [4.78, 5) is 9.22.